The van der Waals surface area contributed by atoms with Crippen molar-refractivity contribution in [1.29, 1.82) is 0 Å². The number of hydrogen-bond donors (Lipinski definition) is 2. The van der Waals surface area contributed by atoms with Gasteiger partial charge in [-0.3, -0.25) is 4.99 Å². The fourth-order valence-electron chi connectivity index (χ4n) is 2.50. The van der Waals surface area contributed by atoms with Gasteiger partial charge in [-0.25, -0.2) is 8.42 Å². The first-order valence-electron chi connectivity index (χ1n) is 8.70. The molecule has 0 radical (unpaired) electrons. The van der Waals surface area contributed by atoms with Gasteiger partial charge < -0.3 is 15.8 Å². The number of hydrogen-bond acceptors (Lipinski definition) is 5. The van der Waals surface area contributed by atoms with Crippen LogP contribution in [0.2, 0.25) is 0 Å². The Morgan fingerprint density at radius 1 is 1.26 bits per heavy atom. The number of benzene rings is 1. The van der Waals surface area contributed by atoms with Gasteiger partial charge in [0.1, 0.15) is 9.96 Å². The molecule has 1 aromatic heterocycles. The Morgan fingerprint density at radius 2 is 2.00 bits per heavy atom. The quantitative estimate of drug-likeness (QED) is 0.489. The summed E-state index contributed by atoms with van der Waals surface area (Å²) in [6, 6.07) is 10.9. The minimum Gasteiger partial charge on any atom is -0.497 e. The largest absolute Gasteiger partial charge is 0.497 e. The smallest absolute Gasteiger partial charge is 0.252 e. The lowest BCUT2D eigenvalue weighted by Gasteiger charge is -2.16. The predicted octanol–water partition coefficient (Wildman–Crippen LogP) is 2.76. The molecule has 0 unspecified atom stereocenters. The fourth-order valence-corrected chi connectivity index (χ4v) is 5.45. The third-order valence-corrected chi connectivity index (χ3v) is 7.58. The second-order valence-corrected chi connectivity index (χ2v) is 9.02. The second kappa shape index (κ2) is 9.72. The van der Waals surface area contributed by atoms with E-state index in [-0.39, 0.29) is 0 Å². The first-order chi connectivity index (χ1) is 12.9. The highest BCUT2D eigenvalue weighted by molar-refractivity contribution is 7.91. The number of nitrogens with two attached hydrogens (primary N) is 1. The van der Waals surface area contributed by atoms with Gasteiger partial charge in [0.25, 0.3) is 10.0 Å². The molecule has 2 rings (SSSR count). The van der Waals surface area contributed by atoms with E-state index in [0.29, 0.717) is 36.2 Å². The molecule has 27 heavy (non-hydrogen) atoms. The number of methoxy groups -OCH3 is 1. The first kappa shape index (κ1) is 21.2. The first-order valence-corrected chi connectivity index (χ1v) is 11.0. The normalized spacial score (nSPS) is 12.4. The lowest BCUT2D eigenvalue weighted by molar-refractivity contribution is 0.415. The van der Waals surface area contributed by atoms with E-state index in [2.05, 4.69) is 10.3 Å². The van der Waals surface area contributed by atoms with Crippen LogP contribution in [0.4, 0.5) is 5.69 Å². The van der Waals surface area contributed by atoms with Crippen molar-refractivity contribution in [3.05, 3.63) is 41.3 Å². The van der Waals surface area contributed by atoms with Crippen molar-refractivity contribution in [3.63, 3.8) is 0 Å². The summed E-state index contributed by atoms with van der Waals surface area (Å²) in [7, 11) is -1.80. The van der Waals surface area contributed by atoms with Gasteiger partial charge in [-0.2, -0.15) is 4.31 Å². The predicted molar refractivity (Wildman–Crippen MR) is 111 cm³/mol. The highest BCUT2D eigenvalue weighted by Crippen LogP contribution is 2.25. The molecule has 148 valence electrons. The van der Waals surface area contributed by atoms with E-state index in [4.69, 9.17) is 10.5 Å². The van der Waals surface area contributed by atoms with Crippen LogP contribution in [-0.2, 0) is 16.4 Å². The van der Waals surface area contributed by atoms with Crippen molar-refractivity contribution in [2.24, 2.45) is 10.7 Å². The summed E-state index contributed by atoms with van der Waals surface area (Å²) in [5, 5.41) is 3.01. The van der Waals surface area contributed by atoms with Gasteiger partial charge in [0.15, 0.2) is 5.96 Å². The van der Waals surface area contributed by atoms with Crippen molar-refractivity contribution in [1.82, 2.24) is 4.31 Å². The van der Waals surface area contributed by atoms with E-state index >= 15 is 0 Å². The Kier molecular flexibility index (Phi) is 7.64. The lowest BCUT2D eigenvalue weighted by atomic mass is 10.3. The van der Waals surface area contributed by atoms with Gasteiger partial charge in [0.05, 0.1) is 7.11 Å². The van der Waals surface area contributed by atoms with Crippen LogP contribution in [0.5, 0.6) is 5.75 Å². The minimum atomic E-state index is -3.40. The van der Waals surface area contributed by atoms with Crippen LogP contribution in [0.1, 0.15) is 18.7 Å². The molecule has 1 aromatic carbocycles. The molecule has 0 spiro atoms. The van der Waals surface area contributed by atoms with Crippen molar-refractivity contribution in [3.8, 4) is 5.75 Å². The molecular weight excluding hydrogens is 384 g/mol. The molecule has 3 N–H and O–H groups in total. The van der Waals surface area contributed by atoms with Gasteiger partial charge in [-0.1, -0.05) is 19.9 Å². The standard InChI is InChI=1S/C18H26N4O3S2/c1-4-22(5-2)27(23,24)17-10-9-16(26-17)11-12-20-18(19)21-14-7-6-8-15(13-14)25-3/h6-10,13H,4-5,11-12H2,1-3H3,(H3,19,20,21). The summed E-state index contributed by atoms with van der Waals surface area (Å²) in [5.74, 6) is 1.03. The Bertz CT molecular complexity index is 874. The molecule has 0 aliphatic carbocycles. The van der Waals surface area contributed by atoms with Crippen LogP contribution >= 0.6 is 11.3 Å². The highest BCUT2D eigenvalue weighted by atomic mass is 32.2. The zero-order valence-electron chi connectivity index (χ0n) is 15.8. The number of thiophene rings is 1. The van der Waals surface area contributed by atoms with Crippen molar-refractivity contribution < 1.29 is 13.2 Å². The topological polar surface area (TPSA) is 97.0 Å². The molecule has 0 aliphatic rings. The summed E-state index contributed by atoms with van der Waals surface area (Å²) in [6.07, 6.45) is 0.624. The maximum absolute atomic E-state index is 12.5. The number of sulfonamides is 1. The van der Waals surface area contributed by atoms with E-state index in [0.717, 1.165) is 16.3 Å². The Balaban J connectivity index is 1.95. The monoisotopic (exact) mass is 410 g/mol. The Labute approximate surface area is 164 Å². The van der Waals surface area contributed by atoms with E-state index < -0.39 is 10.0 Å². The molecule has 0 amide bonds. The summed E-state index contributed by atoms with van der Waals surface area (Å²) in [4.78, 5) is 5.26. The molecule has 0 bridgehead atoms. The van der Waals surface area contributed by atoms with Crippen molar-refractivity contribution >= 4 is 33.0 Å². The number of nitrogens with zero attached hydrogens (tertiary/aromatic N) is 2. The third-order valence-electron chi connectivity index (χ3n) is 3.92. The molecule has 2 aromatic rings. The maximum atomic E-state index is 12.5. The number of anilines is 1. The molecular formula is C18H26N4O3S2. The number of ether oxygens (including phenoxy) is 1. The zero-order chi connectivity index (χ0) is 19.9. The van der Waals surface area contributed by atoms with Crippen LogP contribution in [0, 0.1) is 0 Å². The number of guanidine groups is 1. The van der Waals surface area contributed by atoms with Gasteiger partial charge >= 0.3 is 0 Å². The summed E-state index contributed by atoms with van der Waals surface area (Å²) in [6.45, 7) is 5.06. The van der Waals surface area contributed by atoms with Crippen LogP contribution < -0.4 is 15.8 Å². The fraction of sp³-hybridized carbons (Fsp3) is 0.389. The van der Waals surface area contributed by atoms with Gasteiger partial charge in [0, 0.05) is 42.7 Å². The number of aliphatic imine (C=N–C) groups is 1. The highest BCUT2D eigenvalue weighted by Gasteiger charge is 2.23. The van der Waals surface area contributed by atoms with Crippen LogP contribution in [-0.4, -0.2) is 45.4 Å². The molecule has 1 heterocycles. The maximum Gasteiger partial charge on any atom is 0.252 e. The molecule has 0 saturated heterocycles. The minimum absolute atomic E-state index is 0.302. The van der Waals surface area contributed by atoms with Crippen molar-refractivity contribution in [2.75, 3.05) is 32.1 Å². The average Bonchev–Trinajstić information content (AvgIpc) is 3.12. The third kappa shape index (κ3) is 5.69. The SMILES string of the molecule is CCN(CC)S(=O)(=O)c1ccc(CCN=C(N)Nc2cccc(OC)c2)s1. The molecule has 0 atom stereocenters. The van der Waals surface area contributed by atoms with E-state index in [1.807, 2.05) is 44.2 Å². The van der Waals surface area contributed by atoms with Crippen LogP contribution in [0.25, 0.3) is 0 Å². The van der Waals surface area contributed by atoms with Gasteiger partial charge in [-0.05, 0) is 24.3 Å². The van der Waals surface area contributed by atoms with Crippen molar-refractivity contribution in [2.45, 2.75) is 24.5 Å². The van der Waals surface area contributed by atoms with E-state index in [1.165, 1.54) is 15.6 Å². The Morgan fingerprint density at radius 3 is 2.67 bits per heavy atom. The lowest BCUT2D eigenvalue weighted by Crippen LogP contribution is -2.29. The summed E-state index contributed by atoms with van der Waals surface area (Å²) >= 11 is 1.28. The summed E-state index contributed by atoms with van der Waals surface area (Å²) < 4.78 is 32.0. The molecule has 7 nitrogen and oxygen atoms in total. The van der Waals surface area contributed by atoms with Crippen LogP contribution in [0.3, 0.4) is 0 Å². The molecule has 9 heteroatoms. The number of rotatable bonds is 9. The molecule has 0 saturated carbocycles. The van der Waals surface area contributed by atoms with Gasteiger partial charge in [0.2, 0.25) is 0 Å². The van der Waals surface area contributed by atoms with E-state index in [9.17, 15) is 8.42 Å². The average molecular weight is 411 g/mol. The van der Waals surface area contributed by atoms with E-state index in [1.54, 1.807) is 13.2 Å². The Hall–Kier alpha value is -2.10. The number of nitrogens with one attached hydrogen (secondary N) is 1. The zero-order valence-corrected chi connectivity index (χ0v) is 17.4. The molecule has 0 aliphatic heterocycles. The summed E-state index contributed by atoms with van der Waals surface area (Å²) in [5.41, 5.74) is 6.70. The van der Waals surface area contributed by atoms with Crippen LogP contribution in [0.15, 0.2) is 45.6 Å². The molecule has 0 fully saturated rings. The van der Waals surface area contributed by atoms with Gasteiger partial charge in [-0.15, -0.1) is 11.3 Å². The second-order valence-electron chi connectivity index (χ2n) is 5.68.